The summed E-state index contributed by atoms with van der Waals surface area (Å²) < 4.78 is 18.9. The molecule has 0 unspecified atom stereocenters. The summed E-state index contributed by atoms with van der Waals surface area (Å²) in [7, 11) is 0. The summed E-state index contributed by atoms with van der Waals surface area (Å²) in [5.41, 5.74) is 1.20. The van der Waals surface area contributed by atoms with Gasteiger partial charge in [-0.05, 0) is 35.2 Å². The number of halogens is 2. The Morgan fingerprint density at radius 1 is 1.00 bits per heavy atom. The summed E-state index contributed by atoms with van der Waals surface area (Å²) in [5, 5.41) is 0.321. The average Bonchev–Trinajstić information content (AvgIpc) is 2.26. The largest absolute Gasteiger partial charge is 0.457 e. The summed E-state index contributed by atoms with van der Waals surface area (Å²) in [5.74, 6) is 0.666. The van der Waals surface area contributed by atoms with E-state index in [1.165, 1.54) is 12.1 Å². The van der Waals surface area contributed by atoms with Crippen LogP contribution in [0.25, 0.3) is 0 Å². The van der Waals surface area contributed by atoms with Crippen LogP contribution in [-0.2, 0) is 5.41 Å². The van der Waals surface area contributed by atoms with Gasteiger partial charge in [0.2, 0.25) is 0 Å². The van der Waals surface area contributed by atoms with Gasteiger partial charge >= 0.3 is 0 Å². The van der Waals surface area contributed by atoms with Crippen molar-refractivity contribution >= 4 is 11.6 Å². The summed E-state index contributed by atoms with van der Waals surface area (Å²) in [6, 6.07) is 11.9. The zero-order valence-electron chi connectivity index (χ0n) is 11.2. The van der Waals surface area contributed by atoms with Gasteiger partial charge in [0, 0.05) is 11.1 Å². The Hall–Kier alpha value is -1.54. The van der Waals surface area contributed by atoms with Crippen LogP contribution in [-0.4, -0.2) is 0 Å². The predicted octanol–water partition coefficient (Wildman–Crippen LogP) is 5.57. The Morgan fingerprint density at radius 2 is 1.74 bits per heavy atom. The van der Waals surface area contributed by atoms with E-state index in [1.807, 2.05) is 24.3 Å². The molecular weight excluding hydrogens is 263 g/mol. The SMILES string of the molecule is CC(C)(C)c1cccc(Oc2cc(F)cc(Cl)c2)c1. The molecule has 3 heteroatoms. The van der Waals surface area contributed by atoms with Crippen LogP contribution in [0.1, 0.15) is 26.3 Å². The van der Waals surface area contributed by atoms with Gasteiger partial charge in [-0.1, -0.05) is 44.5 Å². The summed E-state index contributed by atoms with van der Waals surface area (Å²) in [6.07, 6.45) is 0. The first kappa shape index (κ1) is 13.9. The molecule has 2 aromatic carbocycles. The van der Waals surface area contributed by atoms with Crippen LogP contribution in [0, 0.1) is 5.82 Å². The van der Waals surface area contributed by atoms with Crippen LogP contribution in [0.4, 0.5) is 4.39 Å². The molecule has 0 fully saturated rings. The second-order valence-electron chi connectivity index (χ2n) is 5.49. The van der Waals surface area contributed by atoms with Crippen molar-refractivity contribution in [2.75, 3.05) is 0 Å². The number of benzene rings is 2. The third kappa shape index (κ3) is 3.71. The molecule has 0 aromatic heterocycles. The van der Waals surface area contributed by atoms with E-state index in [9.17, 15) is 4.39 Å². The maximum absolute atomic E-state index is 13.2. The van der Waals surface area contributed by atoms with Gasteiger partial charge in [-0.25, -0.2) is 4.39 Å². The fourth-order valence-electron chi connectivity index (χ4n) is 1.75. The molecule has 0 amide bonds. The minimum absolute atomic E-state index is 0.0406. The molecule has 100 valence electrons. The fourth-order valence-corrected chi connectivity index (χ4v) is 1.96. The van der Waals surface area contributed by atoms with Crippen LogP contribution < -0.4 is 4.74 Å². The molecule has 0 saturated carbocycles. The number of ether oxygens (including phenoxy) is 1. The molecule has 1 nitrogen and oxygen atoms in total. The zero-order chi connectivity index (χ0) is 14.0. The van der Waals surface area contributed by atoms with Gasteiger partial charge < -0.3 is 4.74 Å². The molecule has 2 rings (SSSR count). The van der Waals surface area contributed by atoms with Crippen molar-refractivity contribution in [1.82, 2.24) is 0 Å². The standard InChI is InChI=1S/C16H16ClFO/c1-16(2,3)11-5-4-6-14(7-11)19-15-9-12(17)8-13(18)10-15/h4-10H,1-3H3. The zero-order valence-corrected chi connectivity index (χ0v) is 12.0. The Morgan fingerprint density at radius 3 is 2.37 bits per heavy atom. The molecule has 0 aliphatic carbocycles. The number of rotatable bonds is 2. The van der Waals surface area contributed by atoms with Crippen molar-refractivity contribution in [2.45, 2.75) is 26.2 Å². The highest BCUT2D eigenvalue weighted by Gasteiger charge is 2.14. The molecule has 0 atom stereocenters. The van der Waals surface area contributed by atoms with E-state index < -0.39 is 5.82 Å². The van der Waals surface area contributed by atoms with Gasteiger partial charge in [0.25, 0.3) is 0 Å². The lowest BCUT2D eigenvalue weighted by Crippen LogP contribution is -2.10. The van der Waals surface area contributed by atoms with Gasteiger partial charge in [0.05, 0.1) is 0 Å². The average molecular weight is 279 g/mol. The van der Waals surface area contributed by atoms with Crippen molar-refractivity contribution in [3.63, 3.8) is 0 Å². The maximum Gasteiger partial charge on any atom is 0.131 e. The highest BCUT2D eigenvalue weighted by molar-refractivity contribution is 6.30. The fraction of sp³-hybridized carbons (Fsp3) is 0.250. The number of hydrogen-bond donors (Lipinski definition) is 0. The van der Waals surface area contributed by atoms with Gasteiger partial charge in [0.15, 0.2) is 0 Å². The summed E-state index contributed by atoms with van der Waals surface area (Å²) in [6.45, 7) is 6.39. The van der Waals surface area contributed by atoms with Crippen LogP contribution in [0.2, 0.25) is 5.02 Å². The van der Waals surface area contributed by atoms with Crippen LogP contribution in [0.5, 0.6) is 11.5 Å². The first-order valence-corrected chi connectivity index (χ1v) is 6.47. The first-order valence-electron chi connectivity index (χ1n) is 6.09. The highest BCUT2D eigenvalue weighted by Crippen LogP contribution is 2.29. The molecule has 2 aromatic rings. The van der Waals surface area contributed by atoms with Gasteiger partial charge in [-0.2, -0.15) is 0 Å². The summed E-state index contributed by atoms with van der Waals surface area (Å²) >= 11 is 5.80. The predicted molar refractivity (Wildman–Crippen MR) is 76.6 cm³/mol. The molecule has 0 aliphatic rings. The van der Waals surface area contributed by atoms with Gasteiger partial charge in [0.1, 0.15) is 17.3 Å². The van der Waals surface area contributed by atoms with E-state index in [0.717, 1.165) is 5.56 Å². The van der Waals surface area contributed by atoms with E-state index in [-0.39, 0.29) is 5.41 Å². The highest BCUT2D eigenvalue weighted by atomic mass is 35.5. The van der Waals surface area contributed by atoms with Crippen LogP contribution in [0.15, 0.2) is 42.5 Å². The molecule has 0 radical (unpaired) electrons. The van der Waals surface area contributed by atoms with E-state index in [2.05, 4.69) is 20.8 Å². The van der Waals surface area contributed by atoms with Crippen molar-refractivity contribution in [3.8, 4) is 11.5 Å². The molecule has 0 N–H and O–H groups in total. The Kier molecular flexibility index (Phi) is 3.81. The van der Waals surface area contributed by atoms with Crippen LogP contribution >= 0.6 is 11.6 Å². The number of hydrogen-bond acceptors (Lipinski definition) is 1. The summed E-state index contributed by atoms with van der Waals surface area (Å²) in [4.78, 5) is 0. The second kappa shape index (κ2) is 5.22. The van der Waals surface area contributed by atoms with Crippen LogP contribution in [0.3, 0.4) is 0 Å². The molecule has 0 aliphatic heterocycles. The maximum atomic E-state index is 13.2. The molecule has 0 saturated heterocycles. The second-order valence-corrected chi connectivity index (χ2v) is 5.92. The lowest BCUT2D eigenvalue weighted by atomic mass is 9.87. The van der Waals surface area contributed by atoms with E-state index in [4.69, 9.17) is 16.3 Å². The lowest BCUT2D eigenvalue weighted by molar-refractivity contribution is 0.473. The van der Waals surface area contributed by atoms with E-state index in [0.29, 0.717) is 16.5 Å². The lowest BCUT2D eigenvalue weighted by Gasteiger charge is -2.19. The Bertz CT molecular complexity index is 567. The Balaban J connectivity index is 2.28. The van der Waals surface area contributed by atoms with Gasteiger partial charge in [-0.3, -0.25) is 0 Å². The molecule has 0 bridgehead atoms. The van der Waals surface area contributed by atoms with E-state index >= 15 is 0 Å². The van der Waals surface area contributed by atoms with Crippen molar-refractivity contribution < 1.29 is 9.13 Å². The smallest absolute Gasteiger partial charge is 0.131 e. The quantitative estimate of drug-likeness (QED) is 0.698. The third-order valence-corrected chi connectivity index (χ3v) is 2.99. The molecule has 0 heterocycles. The molecular formula is C16H16ClFO. The van der Waals surface area contributed by atoms with Crippen molar-refractivity contribution in [1.29, 1.82) is 0 Å². The minimum atomic E-state index is -0.408. The van der Waals surface area contributed by atoms with E-state index in [1.54, 1.807) is 6.07 Å². The van der Waals surface area contributed by atoms with Crippen molar-refractivity contribution in [2.24, 2.45) is 0 Å². The minimum Gasteiger partial charge on any atom is -0.457 e. The topological polar surface area (TPSA) is 9.23 Å². The normalized spacial score (nSPS) is 11.4. The molecule has 19 heavy (non-hydrogen) atoms. The monoisotopic (exact) mass is 278 g/mol. The first-order chi connectivity index (χ1) is 8.84. The third-order valence-electron chi connectivity index (χ3n) is 2.77. The molecule has 0 spiro atoms. The Labute approximate surface area is 118 Å². The van der Waals surface area contributed by atoms with Gasteiger partial charge in [-0.15, -0.1) is 0 Å². The van der Waals surface area contributed by atoms with Crippen molar-refractivity contribution in [3.05, 3.63) is 58.9 Å².